The molecule has 1 aliphatic rings. The Morgan fingerprint density at radius 3 is 2.68 bits per heavy atom. The minimum absolute atomic E-state index is 0.272. The molecule has 2 aromatic rings. The molecule has 0 radical (unpaired) electrons. The number of nitrogens with zero attached hydrogens (tertiary/aromatic N) is 4. The monoisotopic (exact) mass is 399 g/mol. The number of anilines is 2. The van der Waals surface area contributed by atoms with E-state index in [0.29, 0.717) is 18.7 Å². The van der Waals surface area contributed by atoms with Crippen molar-refractivity contribution in [3.63, 3.8) is 0 Å². The van der Waals surface area contributed by atoms with Crippen molar-refractivity contribution in [1.29, 1.82) is 5.26 Å². The van der Waals surface area contributed by atoms with Crippen LogP contribution in [0.4, 0.5) is 11.5 Å². The normalized spacial score (nSPS) is 13.7. The molecule has 2 heterocycles. The third kappa shape index (κ3) is 4.56. The topological polar surface area (TPSA) is 64.4 Å². The van der Waals surface area contributed by atoms with Crippen LogP contribution in [0.15, 0.2) is 24.3 Å². The molecule has 6 nitrogen and oxygen atoms in total. The highest BCUT2D eigenvalue weighted by molar-refractivity contribution is 6.30. The summed E-state index contributed by atoms with van der Waals surface area (Å²) in [6, 6.07) is 10.8. The molecule has 1 aromatic heterocycles. The van der Waals surface area contributed by atoms with Crippen molar-refractivity contribution in [1.82, 2.24) is 9.88 Å². The van der Waals surface area contributed by atoms with Crippen LogP contribution >= 0.6 is 11.6 Å². The van der Waals surface area contributed by atoms with Crippen LogP contribution in [0.25, 0.3) is 0 Å². The molecule has 0 unspecified atom stereocenters. The van der Waals surface area contributed by atoms with E-state index in [9.17, 15) is 5.26 Å². The molecular formula is C21H26ClN5O. The molecule has 7 heteroatoms. The van der Waals surface area contributed by atoms with Crippen molar-refractivity contribution in [3.8, 4) is 6.07 Å². The summed E-state index contributed by atoms with van der Waals surface area (Å²) in [5.41, 5.74) is 5.04. The van der Waals surface area contributed by atoms with Crippen molar-refractivity contribution in [2.24, 2.45) is 0 Å². The maximum atomic E-state index is 9.52. The summed E-state index contributed by atoms with van der Waals surface area (Å²) >= 11 is 6.26. The van der Waals surface area contributed by atoms with Gasteiger partial charge in [-0.15, -0.1) is 0 Å². The standard InChI is InChI=1S/C21H26ClN5O/c1-26(2)16-6-4-15(5-7-16)13-27-10-8-17-18(12-23)20(22)25-21(19(17)14-27)24-9-11-28-3/h4-7H,8-11,13-14H2,1-3H3,(H,24,25). The van der Waals surface area contributed by atoms with Gasteiger partial charge < -0.3 is 15.0 Å². The predicted molar refractivity (Wildman–Crippen MR) is 113 cm³/mol. The van der Waals surface area contributed by atoms with Crippen LogP contribution in [0.3, 0.4) is 0 Å². The molecule has 1 aliphatic heterocycles. The molecule has 1 N–H and O–H groups in total. The first-order valence-corrected chi connectivity index (χ1v) is 9.74. The summed E-state index contributed by atoms with van der Waals surface area (Å²) in [7, 11) is 5.75. The van der Waals surface area contributed by atoms with E-state index >= 15 is 0 Å². The number of rotatable bonds is 7. The van der Waals surface area contributed by atoms with E-state index in [1.165, 1.54) is 11.3 Å². The van der Waals surface area contributed by atoms with Gasteiger partial charge in [0, 0.05) is 58.6 Å². The fraction of sp³-hybridized carbons (Fsp3) is 0.429. The van der Waals surface area contributed by atoms with Gasteiger partial charge in [-0.25, -0.2) is 4.98 Å². The lowest BCUT2D eigenvalue weighted by molar-refractivity contribution is 0.210. The molecule has 0 spiro atoms. The number of halogens is 1. The predicted octanol–water partition coefficient (Wildman–Crippen LogP) is 3.29. The molecule has 0 bridgehead atoms. The Morgan fingerprint density at radius 1 is 1.29 bits per heavy atom. The average Bonchev–Trinajstić information content (AvgIpc) is 2.69. The van der Waals surface area contributed by atoms with Crippen molar-refractivity contribution < 1.29 is 4.74 Å². The van der Waals surface area contributed by atoms with Crippen LogP contribution in [0, 0.1) is 11.3 Å². The second kappa shape index (κ2) is 9.24. The molecule has 0 saturated heterocycles. The van der Waals surface area contributed by atoms with Crippen molar-refractivity contribution in [2.75, 3.05) is 51.1 Å². The van der Waals surface area contributed by atoms with Gasteiger partial charge >= 0.3 is 0 Å². The number of fused-ring (bicyclic) bond motifs is 1. The zero-order chi connectivity index (χ0) is 20.1. The van der Waals surface area contributed by atoms with E-state index in [-0.39, 0.29) is 5.15 Å². The van der Waals surface area contributed by atoms with Gasteiger partial charge in [0.1, 0.15) is 17.0 Å². The number of ether oxygens (including phenoxy) is 1. The summed E-state index contributed by atoms with van der Waals surface area (Å²) < 4.78 is 5.12. The minimum Gasteiger partial charge on any atom is -0.383 e. The SMILES string of the molecule is COCCNc1nc(Cl)c(C#N)c2c1CN(Cc1ccc(N(C)C)cc1)CC2. The number of nitriles is 1. The Kier molecular flexibility index (Phi) is 6.74. The maximum Gasteiger partial charge on any atom is 0.149 e. The number of pyridine rings is 1. The van der Waals surface area contributed by atoms with Crippen LogP contribution in [0.1, 0.15) is 22.3 Å². The Bertz CT molecular complexity index is 861. The molecule has 3 rings (SSSR count). The number of aromatic nitrogens is 1. The molecule has 0 amide bonds. The maximum absolute atomic E-state index is 9.52. The van der Waals surface area contributed by atoms with Gasteiger partial charge in [0.15, 0.2) is 0 Å². The molecule has 0 fully saturated rings. The molecule has 1 aromatic carbocycles. The van der Waals surface area contributed by atoms with E-state index in [1.807, 2.05) is 14.1 Å². The summed E-state index contributed by atoms with van der Waals surface area (Å²) in [6.07, 6.45) is 0.787. The number of benzene rings is 1. The molecule has 148 valence electrons. The minimum atomic E-state index is 0.272. The zero-order valence-electron chi connectivity index (χ0n) is 16.6. The second-order valence-corrected chi connectivity index (χ2v) is 7.49. The fourth-order valence-electron chi connectivity index (χ4n) is 3.48. The van der Waals surface area contributed by atoms with Crippen molar-refractivity contribution in [2.45, 2.75) is 19.5 Å². The lowest BCUT2D eigenvalue weighted by atomic mass is 9.96. The van der Waals surface area contributed by atoms with E-state index in [1.54, 1.807) is 7.11 Å². The van der Waals surface area contributed by atoms with Gasteiger partial charge in [-0.3, -0.25) is 4.90 Å². The largest absolute Gasteiger partial charge is 0.383 e. The fourth-order valence-corrected chi connectivity index (χ4v) is 3.72. The quantitative estimate of drug-likeness (QED) is 0.569. The van der Waals surface area contributed by atoms with Gasteiger partial charge in [-0.1, -0.05) is 23.7 Å². The first-order valence-electron chi connectivity index (χ1n) is 9.36. The number of nitrogens with one attached hydrogen (secondary N) is 1. The summed E-state index contributed by atoms with van der Waals surface area (Å²) in [5, 5.41) is 13.1. The summed E-state index contributed by atoms with van der Waals surface area (Å²) in [4.78, 5) is 8.92. The molecule has 0 saturated carbocycles. The Labute approximate surface area is 171 Å². The van der Waals surface area contributed by atoms with Gasteiger partial charge in [-0.2, -0.15) is 5.26 Å². The highest BCUT2D eigenvalue weighted by Crippen LogP contribution is 2.32. The molecular weight excluding hydrogens is 374 g/mol. The summed E-state index contributed by atoms with van der Waals surface area (Å²) in [6.45, 7) is 3.70. The van der Waals surface area contributed by atoms with Crippen LogP contribution in [0.2, 0.25) is 5.15 Å². The Balaban J connectivity index is 1.81. The summed E-state index contributed by atoms with van der Waals surface area (Å²) in [5.74, 6) is 0.753. The van der Waals surface area contributed by atoms with E-state index in [4.69, 9.17) is 16.3 Å². The van der Waals surface area contributed by atoms with E-state index in [2.05, 4.69) is 50.4 Å². The van der Waals surface area contributed by atoms with Gasteiger partial charge in [0.2, 0.25) is 0 Å². The Hall–Kier alpha value is -2.33. The van der Waals surface area contributed by atoms with Crippen molar-refractivity contribution >= 4 is 23.1 Å². The Morgan fingerprint density at radius 2 is 2.04 bits per heavy atom. The highest BCUT2D eigenvalue weighted by atomic mass is 35.5. The highest BCUT2D eigenvalue weighted by Gasteiger charge is 2.25. The first-order chi connectivity index (χ1) is 13.5. The first kappa shape index (κ1) is 20.4. The lowest BCUT2D eigenvalue weighted by Crippen LogP contribution is -2.32. The third-order valence-electron chi connectivity index (χ3n) is 5.00. The van der Waals surface area contributed by atoms with Crippen LogP contribution < -0.4 is 10.2 Å². The van der Waals surface area contributed by atoms with E-state index < -0.39 is 0 Å². The molecule has 0 atom stereocenters. The smallest absolute Gasteiger partial charge is 0.149 e. The molecule has 28 heavy (non-hydrogen) atoms. The number of methoxy groups -OCH3 is 1. The van der Waals surface area contributed by atoms with Crippen molar-refractivity contribution in [3.05, 3.63) is 51.7 Å². The van der Waals surface area contributed by atoms with Crippen LogP contribution in [0.5, 0.6) is 0 Å². The van der Waals surface area contributed by atoms with Gasteiger partial charge in [0.25, 0.3) is 0 Å². The zero-order valence-corrected chi connectivity index (χ0v) is 17.4. The molecule has 0 aliphatic carbocycles. The second-order valence-electron chi connectivity index (χ2n) is 7.14. The number of hydrogen-bond donors (Lipinski definition) is 1. The third-order valence-corrected chi connectivity index (χ3v) is 5.27. The van der Waals surface area contributed by atoms with Crippen LogP contribution in [-0.4, -0.2) is 50.8 Å². The number of hydrogen-bond acceptors (Lipinski definition) is 6. The van der Waals surface area contributed by atoms with Gasteiger partial charge in [0.05, 0.1) is 12.2 Å². The van der Waals surface area contributed by atoms with Gasteiger partial charge in [-0.05, 0) is 29.7 Å². The lowest BCUT2D eigenvalue weighted by Gasteiger charge is -2.31. The van der Waals surface area contributed by atoms with Crippen LogP contribution in [-0.2, 0) is 24.2 Å². The average molecular weight is 400 g/mol. The van der Waals surface area contributed by atoms with E-state index in [0.717, 1.165) is 43.0 Å².